The largest absolute Gasteiger partial charge is 0.361 e. The Labute approximate surface area is 131 Å². The van der Waals surface area contributed by atoms with Crippen LogP contribution in [0, 0.1) is 23.7 Å². The number of anilines is 1. The minimum absolute atomic E-state index is 0.0649. The normalized spacial score (nSPS) is 35.5. The molecule has 5 heteroatoms. The average molecular weight is 300 g/mol. The molecule has 3 fully saturated rings. The predicted octanol–water partition coefficient (Wildman–Crippen LogP) is 2.10. The molecule has 1 aromatic rings. The average Bonchev–Trinajstić information content (AvgIpc) is 3.19. The van der Waals surface area contributed by atoms with Gasteiger partial charge in [0.25, 0.3) is 5.91 Å². The van der Waals surface area contributed by atoms with Crippen molar-refractivity contribution in [3.8, 4) is 0 Å². The third kappa shape index (κ3) is 2.18. The van der Waals surface area contributed by atoms with Crippen molar-refractivity contribution < 1.29 is 4.79 Å². The first-order chi connectivity index (χ1) is 10.6. The highest BCUT2D eigenvalue weighted by Crippen LogP contribution is 2.58. The highest BCUT2D eigenvalue weighted by atomic mass is 16.2. The van der Waals surface area contributed by atoms with Crippen LogP contribution in [0.1, 0.15) is 42.6 Å². The maximum Gasteiger partial charge on any atom is 0.271 e. The number of nitrogens with zero attached hydrogens (tertiary/aromatic N) is 3. The molecule has 3 aliphatic carbocycles. The number of aromatic nitrogens is 2. The van der Waals surface area contributed by atoms with E-state index in [-0.39, 0.29) is 5.91 Å². The number of carbonyl (C=O) groups excluding carboxylic acids is 1. The number of hydrogen-bond acceptors (Lipinski definition) is 4. The number of carbonyl (C=O) groups is 1. The molecule has 3 saturated carbocycles. The predicted molar refractivity (Wildman–Crippen MR) is 84.7 cm³/mol. The van der Waals surface area contributed by atoms with Gasteiger partial charge < -0.3 is 10.2 Å². The van der Waals surface area contributed by atoms with Crippen molar-refractivity contribution in [1.82, 2.24) is 15.3 Å². The van der Waals surface area contributed by atoms with Gasteiger partial charge in [-0.3, -0.25) is 4.79 Å². The van der Waals surface area contributed by atoms with E-state index < -0.39 is 0 Å². The van der Waals surface area contributed by atoms with Crippen LogP contribution in [-0.4, -0.2) is 36.0 Å². The van der Waals surface area contributed by atoms with E-state index in [9.17, 15) is 4.79 Å². The summed E-state index contributed by atoms with van der Waals surface area (Å²) in [6.07, 6.45) is 9.91. The lowest BCUT2D eigenvalue weighted by molar-refractivity contribution is 0.0895. The summed E-state index contributed by atoms with van der Waals surface area (Å²) < 4.78 is 0. The van der Waals surface area contributed by atoms with Crippen LogP contribution in [-0.2, 0) is 0 Å². The molecule has 1 aromatic heterocycles. The summed E-state index contributed by atoms with van der Waals surface area (Å²) in [4.78, 5) is 22.8. The zero-order valence-corrected chi connectivity index (χ0v) is 13.3. The van der Waals surface area contributed by atoms with Gasteiger partial charge in [0, 0.05) is 20.1 Å². The molecule has 1 amide bonds. The fourth-order valence-corrected chi connectivity index (χ4v) is 5.15. The molecule has 5 nitrogen and oxygen atoms in total. The molecule has 5 unspecified atom stereocenters. The molecular weight excluding hydrogens is 276 g/mol. The summed E-state index contributed by atoms with van der Waals surface area (Å²) in [5, 5.41) is 3.23. The minimum atomic E-state index is -0.0649. The molecule has 0 radical (unpaired) electrons. The second kappa shape index (κ2) is 5.21. The molecule has 22 heavy (non-hydrogen) atoms. The highest BCUT2D eigenvalue weighted by molar-refractivity contribution is 5.92. The second-order valence-electron chi connectivity index (χ2n) is 7.39. The van der Waals surface area contributed by atoms with Gasteiger partial charge in [-0.25, -0.2) is 9.97 Å². The molecule has 0 aromatic carbocycles. The van der Waals surface area contributed by atoms with Crippen LogP contribution in [0.4, 0.5) is 5.82 Å². The highest BCUT2D eigenvalue weighted by Gasteiger charge is 2.54. The van der Waals surface area contributed by atoms with Crippen LogP contribution in [0.5, 0.6) is 0 Å². The summed E-state index contributed by atoms with van der Waals surface area (Å²) in [6, 6.07) is 0.354. The lowest BCUT2D eigenvalue weighted by Gasteiger charge is -2.32. The van der Waals surface area contributed by atoms with Crippen LogP contribution < -0.4 is 10.2 Å². The van der Waals surface area contributed by atoms with Gasteiger partial charge in [-0.1, -0.05) is 6.42 Å². The molecular formula is C17H24N4O. The zero-order valence-electron chi connectivity index (χ0n) is 13.3. The number of amides is 1. The van der Waals surface area contributed by atoms with E-state index in [1.807, 2.05) is 19.0 Å². The van der Waals surface area contributed by atoms with E-state index in [1.54, 1.807) is 12.4 Å². The first-order valence-electron chi connectivity index (χ1n) is 8.43. The van der Waals surface area contributed by atoms with Gasteiger partial charge in [-0.05, 0) is 49.4 Å². The molecule has 3 aliphatic rings. The Morgan fingerprint density at radius 1 is 1.14 bits per heavy atom. The fourth-order valence-electron chi connectivity index (χ4n) is 5.15. The molecule has 0 aliphatic heterocycles. The molecule has 5 atom stereocenters. The van der Waals surface area contributed by atoms with Gasteiger partial charge >= 0.3 is 0 Å². The van der Waals surface area contributed by atoms with Crippen LogP contribution in [0.2, 0.25) is 0 Å². The third-order valence-electron chi connectivity index (χ3n) is 6.07. The monoisotopic (exact) mass is 300 g/mol. The van der Waals surface area contributed by atoms with Crippen LogP contribution in [0.3, 0.4) is 0 Å². The van der Waals surface area contributed by atoms with E-state index in [0.29, 0.717) is 17.7 Å². The van der Waals surface area contributed by atoms with Crippen molar-refractivity contribution in [1.29, 1.82) is 0 Å². The minimum Gasteiger partial charge on any atom is -0.361 e. The van der Waals surface area contributed by atoms with Gasteiger partial charge in [0.1, 0.15) is 11.5 Å². The summed E-state index contributed by atoms with van der Waals surface area (Å²) in [6.45, 7) is 0. The number of nitrogens with one attached hydrogen (secondary N) is 1. The fraction of sp³-hybridized carbons (Fsp3) is 0.706. The maximum atomic E-state index is 12.4. The third-order valence-corrected chi connectivity index (χ3v) is 6.07. The van der Waals surface area contributed by atoms with Crippen LogP contribution in [0.25, 0.3) is 0 Å². The molecule has 0 saturated heterocycles. The Bertz CT molecular complexity index is 571. The number of hydrogen-bond donors (Lipinski definition) is 1. The van der Waals surface area contributed by atoms with Crippen molar-refractivity contribution >= 4 is 11.7 Å². The Morgan fingerprint density at radius 2 is 1.95 bits per heavy atom. The molecule has 2 bridgehead atoms. The van der Waals surface area contributed by atoms with Gasteiger partial charge in [0.05, 0.1) is 12.4 Å². The van der Waals surface area contributed by atoms with E-state index in [1.165, 1.54) is 32.1 Å². The quantitative estimate of drug-likeness (QED) is 0.928. The second-order valence-corrected chi connectivity index (χ2v) is 7.39. The molecule has 1 heterocycles. The lowest BCUT2D eigenvalue weighted by atomic mass is 9.79. The number of fused-ring (bicyclic) bond motifs is 5. The first-order valence-corrected chi connectivity index (χ1v) is 8.43. The Kier molecular flexibility index (Phi) is 3.31. The summed E-state index contributed by atoms with van der Waals surface area (Å²) in [5.41, 5.74) is 0.427. The smallest absolute Gasteiger partial charge is 0.271 e. The Balaban J connectivity index is 1.42. The van der Waals surface area contributed by atoms with Crippen LogP contribution in [0.15, 0.2) is 12.4 Å². The summed E-state index contributed by atoms with van der Waals surface area (Å²) in [5.74, 6) is 4.08. The van der Waals surface area contributed by atoms with Crippen molar-refractivity contribution in [2.45, 2.75) is 38.1 Å². The standard InChI is InChI=1S/C17H24N4O/c1-21(2)16-9-18-15(8-19-16)17(22)20-14-7-10-6-13(14)12-5-3-4-11(10)12/h8-14H,3-7H2,1-2H3,(H,20,22). The summed E-state index contributed by atoms with van der Waals surface area (Å²) in [7, 11) is 3.83. The number of rotatable bonds is 3. The zero-order chi connectivity index (χ0) is 15.3. The van der Waals surface area contributed by atoms with E-state index >= 15 is 0 Å². The first kappa shape index (κ1) is 14.0. The van der Waals surface area contributed by atoms with E-state index in [0.717, 1.165) is 23.6 Å². The lowest BCUT2D eigenvalue weighted by Crippen LogP contribution is -2.42. The topological polar surface area (TPSA) is 58.1 Å². The van der Waals surface area contributed by atoms with Gasteiger partial charge in [-0.2, -0.15) is 0 Å². The molecule has 0 spiro atoms. The molecule has 118 valence electrons. The van der Waals surface area contributed by atoms with Crippen molar-refractivity contribution in [2.75, 3.05) is 19.0 Å². The van der Waals surface area contributed by atoms with Crippen molar-refractivity contribution in [3.05, 3.63) is 18.1 Å². The van der Waals surface area contributed by atoms with Crippen molar-refractivity contribution in [3.63, 3.8) is 0 Å². The summed E-state index contributed by atoms with van der Waals surface area (Å²) >= 11 is 0. The van der Waals surface area contributed by atoms with Crippen LogP contribution >= 0.6 is 0 Å². The molecule has 4 rings (SSSR count). The van der Waals surface area contributed by atoms with E-state index in [4.69, 9.17) is 0 Å². The SMILES string of the molecule is CN(C)c1cnc(C(=O)NC2CC3CC2C2CCCC32)cn1. The Hall–Kier alpha value is -1.65. The van der Waals surface area contributed by atoms with Gasteiger partial charge in [0.2, 0.25) is 0 Å². The van der Waals surface area contributed by atoms with Crippen molar-refractivity contribution in [2.24, 2.45) is 23.7 Å². The maximum absolute atomic E-state index is 12.4. The Morgan fingerprint density at radius 3 is 2.68 bits per heavy atom. The van der Waals surface area contributed by atoms with Gasteiger partial charge in [0.15, 0.2) is 0 Å². The van der Waals surface area contributed by atoms with E-state index in [2.05, 4.69) is 15.3 Å². The molecule has 1 N–H and O–H groups in total. The van der Waals surface area contributed by atoms with Gasteiger partial charge in [-0.15, -0.1) is 0 Å².